The molecule has 0 amide bonds. The third-order valence-electron chi connectivity index (χ3n) is 2.91. The van der Waals surface area contributed by atoms with E-state index in [1.807, 2.05) is 27.7 Å². The molecule has 1 unspecified atom stereocenters. The summed E-state index contributed by atoms with van der Waals surface area (Å²) < 4.78 is 28.2. The first-order valence-corrected chi connectivity index (χ1v) is 8.07. The van der Waals surface area contributed by atoms with Gasteiger partial charge in [0.1, 0.15) is 0 Å². The molecule has 0 aromatic heterocycles. The Bertz CT molecular complexity index is 306. The zero-order chi connectivity index (χ0) is 13.0. The summed E-state index contributed by atoms with van der Waals surface area (Å²) >= 11 is 3.35. The number of nitrogens with one attached hydrogen (secondary N) is 1. The number of hydrogen-bond donors (Lipinski definition) is 1. The fourth-order valence-electron chi connectivity index (χ4n) is 1.17. The molecular formula is C10H23BrN2O2S. The second-order valence-corrected chi connectivity index (χ2v) is 7.09. The second kappa shape index (κ2) is 6.33. The van der Waals surface area contributed by atoms with Gasteiger partial charge >= 0.3 is 0 Å². The maximum Gasteiger partial charge on any atom is 0.279 e. The summed E-state index contributed by atoms with van der Waals surface area (Å²) in [6, 6.07) is -0.0393. The minimum absolute atomic E-state index is 0.0393. The first kappa shape index (κ1) is 16.4. The van der Waals surface area contributed by atoms with E-state index in [-0.39, 0.29) is 11.6 Å². The lowest BCUT2D eigenvalue weighted by Gasteiger charge is -2.32. The van der Waals surface area contributed by atoms with Crippen molar-refractivity contribution in [1.29, 1.82) is 0 Å². The maximum absolute atomic E-state index is 12.0. The van der Waals surface area contributed by atoms with E-state index >= 15 is 0 Å². The molecule has 0 aromatic carbocycles. The molecule has 0 fully saturated rings. The van der Waals surface area contributed by atoms with E-state index in [1.165, 1.54) is 4.31 Å². The zero-order valence-corrected chi connectivity index (χ0v) is 13.2. The van der Waals surface area contributed by atoms with E-state index in [9.17, 15) is 8.42 Å². The van der Waals surface area contributed by atoms with Crippen molar-refractivity contribution in [3.63, 3.8) is 0 Å². The van der Waals surface area contributed by atoms with Gasteiger partial charge in [-0.2, -0.15) is 17.4 Å². The van der Waals surface area contributed by atoms with Crippen molar-refractivity contribution < 1.29 is 8.42 Å². The van der Waals surface area contributed by atoms with Gasteiger partial charge in [0.2, 0.25) is 0 Å². The van der Waals surface area contributed by atoms with Crippen LogP contribution in [0.15, 0.2) is 0 Å². The molecule has 0 spiro atoms. The largest absolute Gasteiger partial charge is 0.279 e. The Kier molecular flexibility index (Phi) is 6.47. The van der Waals surface area contributed by atoms with Crippen LogP contribution in [0.3, 0.4) is 0 Å². The molecule has 98 valence electrons. The highest BCUT2D eigenvalue weighted by atomic mass is 79.9. The van der Waals surface area contributed by atoms with Gasteiger partial charge in [0.15, 0.2) is 0 Å². The van der Waals surface area contributed by atoms with Gasteiger partial charge in [-0.15, -0.1) is 0 Å². The number of halogens is 1. The predicted octanol–water partition coefficient (Wildman–Crippen LogP) is 2.11. The number of alkyl halides is 1. The van der Waals surface area contributed by atoms with E-state index in [0.29, 0.717) is 0 Å². The Hall–Kier alpha value is 0.350. The van der Waals surface area contributed by atoms with E-state index in [2.05, 4.69) is 20.7 Å². The van der Waals surface area contributed by atoms with E-state index in [0.717, 1.165) is 18.2 Å². The van der Waals surface area contributed by atoms with E-state index in [1.54, 1.807) is 7.05 Å². The second-order valence-electron chi connectivity index (χ2n) is 4.57. The highest BCUT2D eigenvalue weighted by Crippen LogP contribution is 2.18. The quantitative estimate of drug-likeness (QED) is 0.732. The average molecular weight is 315 g/mol. The summed E-state index contributed by atoms with van der Waals surface area (Å²) in [6.07, 6.45) is 1.54. The SMILES string of the molecule is CCC(C)(CCBr)NS(=O)(=O)N(C)C(C)C. The molecule has 16 heavy (non-hydrogen) atoms. The van der Waals surface area contributed by atoms with Gasteiger partial charge in [0, 0.05) is 24.0 Å². The monoisotopic (exact) mass is 314 g/mol. The van der Waals surface area contributed by atoms with Crippen LogP contribution in [0, 0.1) is 0 Å². The molecular weight excluding hydrogens is 292 g/mol. The molecule has 0 saturated carbocycles. The molecule has 1 N–H and O–H groups in total. The Morgan fingerprint density at radius 1 is 1.44 bits per heavy atom. The lowest BCUT2D eigenvalue weighted by molar-refractivity contribution is 0.351. The molecule has 0 saturated heterocycles. The van der Waals surface area contributed by atoms with Crippen LogP contribution in [0.1, 0.15) is 40.5 Å². The number of hydrogen-bond acceptors (Lipinski definition) is 2. The molecule has 0 aliphatic carbocycles. The molecule has 0 heterocycles. The smallest absolute Gasteiger partial charge is 0.196 e. The van der Waals surface area contributed by atoms with E-state index in [4.69, 9.17) is 0 Å². The van der Waals surface area contributed by atoms with Crippen LogP contribution in [0.25, 0.3) is 0 Å². The van der Waals surface area contributed by atoms with E-state index < -0.39 is 10.2 Å². The summed E-state index contributed by atoms with van der Waals surface area (Å²) in [6.45, 7) is 7.63. The van der Waals surface area contributed by atoms with Crippen molar-refractivity contribution in [2.24, 2.45) is 0 Å². The Morgan fingerprint density at radius 2 is 1.94 bits per heavy atom. The highest BCUT2D eigenvalue weighted by Gasteiger charge is 2.30. The van der Waals surface area contributed by atoms with Crippen molar-refractivity contribution in [2.45, 2.75) is 52.1 Å². The van der Waals surface area contributed by atoms with Crippen molar-refractivity contribution >= 4 is 26.1 Å². The number of rotatable bonds is 7. The Balaban J connectivity index is 4.81. The summed E-state index contributed by atoms with van der Waals surface area (Å²) in [5.41, 5.74) is -0.383. The lowest BCUT2D eigenvalue weighted by Crippen LogP contribution is -2.52. The molecule has 0 aliphatic rings. The van der Waals surface area contributed by atoms with Crippen molar-refractivity contribution in [3.05, 3.63) is 0 Å². The molecule has 0 radical (unpaired) electrons. The fraction of sp³-hybridized carbons (Fsp3) is 1.00. The van der Waals surface area contributed by atoms with Gasteiger partial charge in [-0.25, -0.2) is 0 Å². The van der Waals surface area contributed by atoms with Crippen LogP contribution in [-0.2, 0) is 10.2 Å². The van der Waals surface area contributed by atoms with Gasteiger partial charge in [0.25, 0.3) is 10.2 Å². The summed E-state index contributed by atoms with van der Waals surface area (Å²) in [4.78, 5) is 0. The van der Waals surface area contributed by atoms with Crippen molar-refractivity contribution in [2.75, 3.05) is 12.4 Å². The van der Waals surface area contributed by atoms with Crippen LogP contribution >= 0.6 is 15.9 Å². The lowest BCUT2D eigenvalue weighted by atomic mass is 9.98. The predicted molar refractivity (Wildman–Crippen MR) is 72.1 cm³/mol. The van der Waals surface area contributed by atoms with Gasteiger partial charge in [-0.05, 0) is 33.6 Å². The number of nitrogens with zero attached hydrogens (tertiary/aromatic N) is 1. The van der Waals surface area contributed by atoms with Crippen LogP contribution in [-0.4, -0.2) is 36.7 Å². The Labute approximate surface area is 108 Å². The Morgan fingerprint density at radius 3 is 2.25 bits per heavy atom. The van der Waals surface area contributed by atoms with Crippen LogP contribution in [0.4, 0.5) is 0 Å². The molecule has 6 heteroatoms. The molecule has 1 atom stereocenters. The van der Waals surface area contributed by atoms with Crippen LogP contribution < -0.4 is 4.72 Å². The molecule has 0 rings (SSSR count). The fourth-order valence-corrected chi connectivity index (χ4v) is 3.61. The van der Waals surface area contributed by atoms with Gasteiger partial charge in [-0.3, -0.25) is 0 Å². The maximum atomic E-state index is 12.0. The van der Waals surface area contributed by atoms with Crippen LogP contribution in [0.2, 0.25) is 0 Å². The first-order chi connectivity index (χ1) is 7.18. The van der Waals surface area contributed by atoms with Crippen molar-refractivity contribution in [3.8, 4) is 0 Å². The minimum Gasteiger partial charge on any atom is -0.196 e. The molecule has 0 aliphatic heterocycles. The topological polar surface area (TPSA) is 49.4 Å². The standard InChI is InChI=1S/C10H23BrN2O2S/c1-6-10(4,7-8-11)12-16(14,15)13(5)9(2)3/h9,12H,6-8H2,1-5H3. The third kappa shape index (κ3) is 4.69. The minimum atomic E-state index is -3.39. The first-order valence-electron chi connectivity index (χ1n) is 5.51. The van der Waals surface area contributed by atoms with Crippen molar-refractivity contribution in [1.82, 2.24) is 9.03 Å². The molecule has 0 aromatic rings. The zero-order valence-electron chi connectivity index (χ0n) is 10.7. The van der Waals surface area contributed by atoms with Gasteiger partial charge in [0.05, 0.1) is 0 Å². The average Bonchev–Trinajstić information content (AvgIpc) is 2.16. The summed E-state index contributed by atoms with van der Waals surface area (Å²) in [5.74, 6) is 0. The van der Waals surface area contributed by atoms with Gasteiger partial charge in [-0.1, -0.05) is 22.9 Å². The van der Waals surface area contributed by atoms with Crippen LogP contribution in [0.5, 0.6) is 0 Å². The summed E-state index contributed by atoms with van der Waals surface area (Å²) in [7, 11) is -1.79. The third-order valence-corrected chi connectivity index (χ3v) is 5.24. The highest BCUT2D eigenvalue weighted by molar-refractivity contribution is 9.09. The molecule has 0 bridgehead atoms. The summed E-state index contributed by atoms with van der Waals surface area (Å²) in [5, 5.41) is 0.783. The van der Waals surface area contributed by atoms with Gasteiger partial charge < -0.3 is 0 Å². The normalized spacial score (nSPS) is 16.8. The molecule has 4 nitrogen and oxygen atoms in total.